The second-order valence-corrected chi connectivity index (χ2v) is 31.4. The fourth-order valence-corrected chi connectivity index (χ4v) is 13.7. The molecule has 27 nitrogen and oxygen atoms in total. The SMILES string of the molecule is COC(=O)[C@@H]1C[C@@H](Oc2cc(-c3csc(NC(C)C)n3)nc3cc(OC)ccc23)CN1C(=O)[C@@H](NC(=O)OC(C)(C)C)C(C)C.COC(=O)[C@@H]1C[C@H](OS(=O)(=O)c2ccc(Br)cc2)CN1C(=O)[C@@H](NC(=O)OC(C)(C)C)C(C)C.COc1ccc2c(=O)cc(-c3csc(NC(C)C)n3)[nH]c2c1. The summed E-state index contributed by atoms with van der Waals surface area (Å²) in [6, 6.07) is 16.8. The highest BCUT2D eigenvalue weighted by atomic mass is 79.9. The molecular formula is C70H91BrN10O17S3. The summed E-state index contributed by atoms with van der Waals surface area (Å²) in [6.45, 7) is 25.6. The number of H-pyrrole nitrogens is 1. The van der Waals surface area contributed by atoms with Crippen molar-refractivity contribution < 1.29 is 74.5 Å². The number of aromatic nitrogens is 4. The summed E-state index contributed by atoms with van der Waals surface area (Å²) in [4.78, 5) is 110. The monoisotopic (exact) mass is 1520 g/mol. The van der Waals surface area contributed by atoms with Crippen LogP contribution in [0.5, 0.6) is 17.2 Å². The standard InChI is InChI=1S/C32H43N5O7S.C22H31BrN2O8S.C16H17N3O2S/c1-17(2)27(36-31(40)44-32(5,6)7)28(38)37-15-20(13-25(37)29(39)42-9)43-26-14-23(24-16-45-30(35-24)33-18(3)4)34-22-12-19(41-8)10-11-21(22)26;1-13(2)18(24-21(28)32-22(3,4)5)19(26)25-12-15(11-17(25)20(27)31-6)33-34(29,30)16-9-7-14(23)8-10-16;1-9(2)17-16-19-14(8-22-16)13-7-15(20)11-5-4-10(21-3)6-12(11)18-13/h10-12,14,16-18,20,25,27H,13,15H2,1-9H3,(H,33,35)(H,36,40);7-10,13,15,17-18H,11-12H2,1-6H3,(H,24,28);4-9H,1-3H3,(H,17,19)(H,18,20)/t20-,25+,27+;15-,17-,18-;/m10./s1. The number of benzene rings is 3. The third kappa shape index (κ3) is 21.9. The lowest BCUT2D eigenvalue weighted by Crippen LogP contribution is -2.54. The molecule has 2 fully saturated rings. The van der Waals surface area contributed by atoms with Gasteiger partial charge in [0, 0.05) is 81.7 Å². The van der Waals surface area contributed by atoms with E-state index in [1.807, 2.05) is 68.8 Å². The average molecular weight is 1520 g/mol. The number of carbonyl (C=O) groups excluding carboxylic acids is 6. The third-order valence-corrected chi connectivity index (χ3v) is 18.7. The number of esters is 2. The number of halogens is 1. The number of alkyl carbamates (subject to hydrolysis) is 2. The van der Waals surface area contributed by atoms with E-state index in [9.17, 15) is 42.0 Å². The first-order valence-electron chi connectivity index (χ1n) is 32.7. The number of nitrogens with zero attached hydrogens (tertiary/aromatic N) is 5. The van der Waals surface area contributed by atoms with E-state index >= 15 is 0 Å². The first-order valence-corrected chi connectivity index (χ1v) is 36.6. The number of hydrogen-bond donors (Lipinski definition) is 5. The van der Waals surface area contributed by atoms with Crippen LogP contribution in [0, 0.1) is 11.8 Å². The van der Waals surface area contributed by atoms with Crippen molar-refractivity contribution in [3.8, 4) is 40.0 Å². The van der Waals surface area contributed by atoms with Crippen molar-refractivity contribution in [1.29, 1.82) is 0 Å². The van der Waals surface area contributed by atoms with Gasteiger partial charge in [0.1, 0.15) is 64.4 Å². The van der Waals surface area contributed by atoms with Crippen LogP contribution in [0.1, 0.15) is 110 Å². The Morgan fingerprint density at radius 2 is 1.08 bits per heavy atom. The van der Waals surface area contributed by atoms with Gasteiger partial charge < -0.3 is 69.2 Å². The van der Waals surface area contributed by atoms with E-state index in [1.54, 1.807) is 99.9 Å². The van der Waals surface area contributed by atoms with E-state index in [1.165, 1.54) is 58.8 Å². The summed E-state index contributed by atoms with van der Waals surface area (Å²) < 4.78 is 69.2. The number of pyridine rings is 2. The Labute approximate surface area is 604 Å². The van der Waals surface area contributed by atoms with Crippen molar-refractivity contribution in [2.75, 3.05) is 52.2 Å². The van der Waals surface area contributed by atoms with Gasteiger partial charge in [0.15, 0.2) is 15.7 Å². The molecule has 0 saturated carbocycles. The predicted molar refractivity (Wildman–Crippen MR) is 390 cm³/mol. The number of rotatable bonds is 21. The maximum Gasteiger partial charge on any atom is 0.408 e. The number of likely N-dealkylation sites (tertiary alicyclic amines) is 2. The number of anilines is 2. The highest BCUT2D eigenvalue weighted by molar-refractivity contribution is 9.10. The predicted octanol–water partition coefficient (Wildman–Crippen LogP) is 11.6. The van der Waals surface area contributed by atoms with Crippen molar-refractivity contribution in [1.82, 2.24) is 40.4 Å². The highest BCUT2D eigenvalue weighted by Crippen LogP contribution is 2.37. The Hall–Kier alpha value is -8.65. The van der Waals surface area contributed by atoms with Gasteiger partial charge in [-0.25, -0.2) is 34.1 Å². The summed E-state index contributed by atoms with van der Waals surface area (Å²) >= 11 is 6.25. The van der Waals surface area contributed by atoms with Crippen LogP contribution in [0.3, 0.4) is 0 Å². The molecule has 6 heterocycles. The number of carbonyl (C=O) groups is 6. The zero-order valence-electron chi connectivity index (χ0n) is 60.0. The minimum Gasteiger partial charge on any atom is -0.497 e. The van der Waals surface area contributed by atoms with Gasteiger partial charge in [-0.3, -0.25) is 18.6 Å². The zero-order chi connectivity index (χ0) is 74.6. The molecule has 2 saturated heterocycles. The van der Waals surface area contributed by atoms with Crippen LogP contribution in [-0.2, 0) is 52.4 Å². The van der Waals surface area contributed by atoms with Crippen molar-refractivity contribution in [3.63, 3.8) is 0 Å². The Morgan fingerprint density at radius 1 is 0.604 bits per heavy atom. The van der Waals surface area contributed by atoms with Gasteiger partial charge in [-0.1, -0.05) is 43.6 Å². The molecule has 7 aromatic rings. The van der Waals surface area contributed by atoms with Crippen LogP contribution in [0.4, 0.5) is 19.9 Å². The minimum atomic E-state index is -4.14. The Balaban J connectivity index is 0.000000225. The van der Waals surface area contributed by atoms with Gasteiger partial charge in [0.25, 0.3) is 10.1 Å². The summed E-state index contributed by atoms with van der Waals surface area (Å²) in [5.41, 5.74) is 2.61. The Bertz CT molecular complexity index is 4250. The Kier molecular flexibility index (Phi) is 27.1. The lowest BCUT2D eigenvalue weighted by molar-refractivity contribution is -0.152. The number of nitrogens with one attached hydrogen (secondary N) is 5. The quantitative estimate of drug-likeness (QED) is 0.0253. The van der Waals surface area contributed by atoms with Gasteiger partial charge in [-0.2, -0.15) is 8.42 Å². The number of methoxy groups -OCH3 is 4. The number of amides is 4. The van der Waals surface area contributed by atoms with Crippen molar-refractivity contribution in [2.45, 2.75) is 174 Å². The second-order valence-electron chi connectivity index (χ2n) is 27.2. The number of aromatic amines is 1. The molecule has 0 radical (unpaired) electrons. The van der Waals surface area contributed by atoms with E-state index < -0.39 is 93.6 Å². The molecule has 101 heavy (non-hydrogen) atoms. The molecule has 2 aliphatic heterocycles. The lowest BCUT2D eigenvalue weighted by atomic mass is 10.0. The van der Waals surface area contributed by atoms with E-state index in [0.717, 1.165) is 26.9 Å². The van der Waals surface area contributed by atoms with E-state index in [2.05, 4.69) is 61.0 Å². The minimum absolute atomic E-state index is 0.0298. The van der Waals surface area contributed by atoms with E-state index in [0.29, 0.717) is 55.7 Å². The highest BCUT2D eigenvalue weighted by Gasteiger charge is 2.47. The molecule has 548 valence electrons. The summed E-state index contributed by atoms with van der Waals surface area (Å²) in [5, 5.41) is 18.7. The number of ether oxygens (including phenoxy) is 7. The van der Waals surface area contributed by atoms with E-state index in [4.69, 9.17) is 47.3 Å². The molecule has 0 spiro atoms. The van der Waals surface area contributed by atoms with Gasteiger partial charge >= 0.3 is 24.1 Å². The molecule has 3 aromatic carbocycles. The van der Waals surface area contributed by atoms with Crippen molar-refractivity contribution in [3.05, 3.63) is 98.3 Å². The van der Waals surface area contributed by atoms with Crippen LogP contribution in [-0.4, -0.2) is 175 Å². The molecule has 5 N–H and O–H groups in total. The summed E-state index contributed by atoms with van der Waals surface area (Å²) in [7, 11) is 1.51. The summed E-state index contributed by atoms with van der Waals surface area (Å²) in [5.74, 6) is -1.01. The van der Waals surface area contributed by atoms with Crippen molar-refractivity contribution in [2.24, 2.45) is 11.8 Å². The van der Waals surface area contributed by atoms with Crippen LogP contribution >= 0.6 is 38.6 Å². The molecule has 4 amide bonds. The van der Waals surface area contributed by atoms with Crippen LogP contribution in [0.25, 0.3) is 44.6 Å². The average Bonchev–Trinajstić information content (AvgIpc) is 1.77. The molecule has 0 bridgehead atoms. The van der Waals surface area contributed by atoms with Crippen LogP contribution in [0.15, 0.2) is 97.7 Å². The van der Waals surface area contributed by atoms with Crippen LogP contribution in [0.2, 0.25) is 0 Å². The molecule has 31 heteroatoms. The number of thiazole rings is 2. The fourth-order valence-electron chi connectivity index (χ4n) is 10.7. The van der Waals surface area contributed by atoms with Crippen LogP contribution < -0.4 is 40.9 Å². The van der Waals surface area contributed by atoms with Gasteiger partial charge in [-0.05, 0) is 130 Å². The molecule has 6 atom stereocenters. The summed E-state index contributed by atoms with van der Waals surface area (Å²) in [6.07, 6.45) is -2.90. The maximum atomic E-state index is 13.9. The fraction of sp³-hybridized carbons (Fsp3) is 0.486. The maximum absolute atomic E-state index is 13.9. The third-order valence-electron chi connectivity index (χ3n) is 15.3. The zero-order valence-corrected chi connectivity index (χ0v) is 64.0. The normalized spacial score (nSPS) is 16.7. The van der Waals surface area contributed by atoms with Gasteiger partial charge in [-0.15, -0.1) is 22.7 Å². The molecule has 0 unspecified atom stereocenters. The first kappa shape index (κ1) is 79.7. The second kappa shape index (κ2) is 34.3. The Morgan fingerprint density at radius 3 is 1.56 bits per heavy atom. The number of fused-ring (bicyclic) bond motifs is 2. The molecule has 2 aliphatic rings. The molecular weight excluding hydrogens is 1430 g/mol. The smallest absolute Gasteiger partial charge is 0.408 e. The lowest BCUT2D eigenvalue weighted by Gasteiger charge is -2.30. The number of hydrogen-bond acceptors (Lipinski definition) is 24. The van der Waals surface area contributed by atoms with Gasteiger partial charge in [0.2, 0.25) is 11.8 Å². The van der Waals surface area contributed by atoms with E-state index in [-0.39, 0.29) is 54.1 Å². The van der Waals surface area contributed by atoms with Gasteiger partial charge in [0.05, 0.1) is 74.1 Å². The molecule has 9 rings (SSSR count). The molecule has 4 aromatic heterocycles. The largest absolute Gasteiger partial charge is 0.497 e. The van der Waals surface area contributed by atoms with Crippen molar-refractivity contribution >= 4 is 117 Å². The topological polar surface area (TPSA) is 337 Å². The molecule has 0 aliphatic carbocycles. The first-order chi connectivity index (χ1) is 47.4.